The quantitative estimate of drug-likeness (QED) is 0.540. The van der Waals surface area contributed by atoms with Gasteiger partial charge in [-0.1, -0.05) is 37.3 Å². The lowest BCUT2D eigenvalue weighted by atomic mass is 10.2. The van der Waals surface area contributed by atoms with Crippen LogP contribution in [0.4, 0.5) is 5.69 Å². The van der Waals surface area contributed by atoms with Gasteiger partial charge >= 0.3 is 5.97 Å². The maximum atomic E-state index is 12.2. The van der Waals surface area contributed by atoms with E-state index in [2.05, 4.69) is 10.3 Å². The van der Waals surface area contributed by atoms with Gasteiger partial charge in [0.25, 0.3) is 5.91 Å². The fourth-order valence-corrected chi connectivity index (χ4v) is 2.35. The number of carbonyl (C=O) groups excluding carboxylic acids is 2. The van der Waals surface area contributed by atoms with Gasteiger partial charge in [-0.25, -0.2) is 9.78 Å². The number of anilines is 1. The van der Waals surface area contributed by atoms with Crippen LogP contribution in [0.25, 0.3) is 17.2 Å². The van der Waals surface area contributed by atoms with Gasteiger partial charge in [0.2, 0.25) is 5.89 Å². The molecule has 0 aliphatic carbocycles. The molecule has 1 atom stereocenters. The molecule has 1 unspecified atom stereocenters. The first-order valence-electron chi connectivity index (χ1n) is 8.26. The summed E-state index contributed by atoms with van der Waals surface area (Å²) in [6.45, 7) is 1.77. The number of oxazole rings is 1. The predicted molar refractivity (Wildman–Crippen MR) is 98.3 cm³/mol. The third-order valence-electron chi connectivity index (χ3n) is 3.64. The van der Waals surface area contributed by atoms with Gasteiger partial charge in [0.1, 0.15) is 5.52 Å². The molecule has 0 spiro atoms. The molecule has 2 aromatic carbocycles. The standard InChI is InChI=1S/C20H18N2O4/c1-2-16(20(24)21-14-8-4-3-5-9-14)26-19(23)13-12-18-22-15-10-6-7-11-17(15)25-18/h3-13,16H,2H2,1H3,(H,21,24). The second-order valence-electron chi connectivity index (χ2n) is 5.54. The smallest absolute Gasteiger partial charge is 0.331 e. The number of rotatable bonds is 6. The largest absolute Gasteiger partial charge is 0.449 e. The van der Waals surface area contributed by atoms with Gasteiger partial charge in [-0.2, -0.15) is 0 Å². The van der Waals surface area contributed by atoms with Gasteiger partial charge in [-0.15, -0.1) is 0 Å². The van der Waals surface area contributed by atoms with Gasteiger partial charge in [-0.3, -0.25) is 4.79 Å². The zero-order valence-electron chi connectivity index (χ0n) is 14.2. The van der Waals surface area contributed by atoms with Gasteiger partial charge in [0.05, 0.1) is 0 Å². The Bertz CT molecular complexity index is 898. The lowest BCUT2D eigenvalue weighted by Crippen LogP contribution is -2.31. The number of amides is 1. The SMILES string of the molecule is CCC(OC(=O)C=Cc1nc2ccccc2o1)C(=O)Nc1ccccc1. The van der Waals surface area contributed by atoms with Crippen molar-refractivity contribution in [3.8, 4) is 0 Å². The number of benzene rings is 2. The van der Waals surface area contributed by atoms with E-state index in [1.165, 1.54) is 12.2 Å². The number of aromatic nitrogens is 1. The molecular weight excluding hydrogens is 332 g/mol. The number of hydrogen-bond donors (Lipinski definition) is 1. The fraction of sp³-hybridized carbons (Fsp3) is 0.150. The summed E-state index contributed by atoms with van der Waals surface area (Å²) in [4.78, 5) is 28.5. The highest BCUT2D eigenvalue weighted by atomic mass is 16.5. The fourth-order valence-electron chi connectivity index (χ4n) is 2.35. The molecule has 0 saturated carbocycles. The van der Waals surface area contributed by atoms with E-state index in [4.69, 9.17) is 9.15 Å². The summed E-state index contributed by atoms with van der Waals surface area (Å²) in [6, 6.07) is 16.3. The van der Waals surface area contributed by atoms with E-state index in [0.29, 0.717) is 29.1 Å². The van der Waals surface area contributed by atoms with Crippen molar-refractivity contribution in [2.24, 2.45) is 0 Å². The highest BCUT2D eigenvalue weighted by molar-refractivity contribution is 5.96. The maximum Gasteiger partial charge on any atom is 0.331 e. The Kier molecular flexibility index (Phi) is 5.43. The normalized spacial score (nSPS) is 12.2. The molecule has 0 bridgehead atoms. The average Bonchev–Trinajstić information content (AvgIpc) is 3.08. The van der Waals surface area contributed by atoms with Crippen molar-refractivity contribution in [2.45, 2.75) is 19.4 Å². The number of hydrogen-bond acceptors (Lipinski definition) is 5. The van der Waals surface area contributed by atoms with E-state index < -0.39 is 12.1 Å². The van der Waals surface area contributed by atoms with Crippen molar-refractivity contribution in [2.75, 3.05) is 5.32 Å². The van der Waals surface area contributed by atoms with Crippen molar-refractivity contribution < 1.29 is 18.7 Å². The molecule has 3 aromatic rings. The number of nitrogens with zero attached hydrogens (tertiary/aromatic N) is 1. The number of fused-ring (bicyclic) bond motifs is 1. The van der Waals surface area contributed by atoms with E-state index in [9.17, 15) is 9.59 Å². The minimum atomic E-state index is -0.879. The molecule has 132 valence electrons. The molecule has 0 radical (unpaired) electrons. The minimum Gasteiger partial charge on any atom is -0.449 e. The van der Waals surface area contributed by atoms with Crippen LogP contribution in [0.5, 0.6) is 0 Å². The van der Waals surface area contributed by atoms with Crippen LogP contribution in [0.1, 0.15) is 19.2 Å². The molecule has 0 saturated heterocycles. The van der Waals surface area contributed by atoms with Crippen LogP contribution in [-0.2, 0) is 14.3 Å². The molecule has 0 fully saturated rings. The maximum absolute atomic E-state index is 12.2. The molecular formula is C20H18N2O4. The first-order chi connectivity index (χ1) is 12.7. The van der Waals surface area contributed by atoms with Gasteiger partial charge in [0, 0.05) is 17.8 Å². The lowest BCUT2D eigenvalue weighted by Gasteiger charge is -2.14. The van der Waals surface area contributed by atoms with Crippen LogP contribution in [0, 0.1) is 0 Å². The molecule has 6 nitrogen and oxygen atoms in total. The lowest BCUT2D eigenvalue weighted by molar-refractivity contribution is -0.149. The van der Waals surface area contributed by atoms with E-state index in [1.807, 2.05) is 36.4 Å². The van der Waals surface area contributed by atoms with Crippen LogP contribution in [0.2, 0.25) is 0 Å². The summed E-state index contributed by atoms with van der Waals surface area (Å²) in [5.74, 6) is -0.713. The van der Waals surface area contributed by atoms with Gasteiger partial charge < -0.3 is 14.5 Å². The summed E-state index contributed by atoms with van der Waals surface area (Å²) in [5.41, 5.74) is 1.98. The number of nitrogens with one attached hydrogen (secondary N) is 1. The second kappa shape index (κ2) is 8.11. The third-order valence-corrected chi connectivity index (χ3v) is 3.64. The molecule has 6 heteroatoms. The summed E-state index contributed by atoms with van der Waals surface area (Å²) in [6.07, 6.45) is 2.10. The molecule has 0 aliphatic heterocycles. The van der Waals surface area contributed by atoms with Gasteiger partial charge in [-0.05, 0) is 30.7 Å². The van der Waals surface area contributed by atoms with Crippen LogP contribution >= 0.6 is 0 Å². The van der Waals surface area contributed by atoms with E-state index in [0.717, 1.165) is 0 Å². The third kappa shape index (κ3) is 4.36. The molecule has 3 rings (SSSR count). The van der Waals surface area contributed by atoms with Gasteiger partial charge in [0.15, 0.2) is 11.7 Å². The van der Waals surface area contributed by atoms with Crippen molar-refractivity contribution >= 4 is 34.7 Å². The van der Waals surface area contributed by atoms with E-state index in [1.54, 1.807) is 25.1 Å². The monoisotopic (exact) mass is 350 g/mol. The Morgan fingerprint density at radius 1 is 1.15 bits per heavy atom. The zero-order valence-corrected chi connectivity index (χ0v) is 14.2. The predicted octanol–water partition coefficient (Wildman–Crippen LogP) is 3.80. The van der Waals surface area contributed by atoms with E-state index >= 15 is 0 Å². The molecule has 1 N–H and O–H groups in total. The molecule has 1 heterocycles. The van der Waals surface area contributed by atoms with Crippen LogP contribution in [0.3, 0.4) is 0 Å². The highest BCUT2D eigenvalue weighted by Gasteiger charge is 2.20. The molecule has 1 aromatic heterocycles. The molecule has 1 amide bonds. The molecule has 0 aliphatic rings. The molecule has 26 heavy (non-hydrogen) atoms. The minimum absolute atomic E-state index is 0.296. The summed E-state index contributed by atoms with van der Waals surface area (Å²) in [5, 5.41) is 2.72. The Labute approximate surface area is 150 Å². The number of carbonyl (C=O) groups is 2. The van der Waals surface area contributed by atoms with Crippen molar-refractivity contribution in [1.82, 2.24) is 4.98 Å². The second-order valence-corrected chi connectivity index (χ2v) is 5.54. The van der Waals surface area contributed by atoms with Crippen LogP contribution < -0.4 is 5.32 Å². The van der Waals surface area contributed by atoms with Crippen LogP contribution in [-0.4, -0.2) is 23.0 Å². The summed E-state index contributed by atoms with van der Waals surface area (Å²) < 4.78 is 10.7. The van der Waals surface area contributed by atoms with E-state index in [-0.39, 0.29) is 5.91 Å². The summed E-state index contributed by atoms with van der Waals surface area (Å²) >= 11 is 0. The number of esters is 1. The van der Waals surface area contributed by atoms with Crippen molar-refractivity contribution in [3.63, 3.8) is 0 Å². The number of ether oxygens (including phenoxy) is 1. The topological polar surface area (TPSA) is 81.4 Å². The van der Waals surface area contributed by atoms with Crippen LogP contribution in [0.15, 0.2) is 65.1 Å². The zero-order chi connectivity index (χ0) is 18.4. The Balaban J connectivity index is 1.60. The van der Waals surface area contributed by atoms with Crippen molar-refractivity contribution in [1.29, 1.82) is 0 Å². The Morgan fingerprint density at radius 3 is 2.62 bits per heavy atom. The van der Waals surface area contributed by atoms with Crippen molar-refractivity contribution in [3.05, 3.63) is 66.6 Å². The number of para-hydroxylation sites is 3. The average molecular weight is 350 g/mol. The first-order valence-corrected chi connectivity index (χ1v) is 8.26. The Morgan fingerprint density at radius 2 is 1.88 bits per heavy atom. The highest BCUT2D eigenvalue weighted by Crippen LogP contribution is 2.15. The Hall–Kier alpha value is -3.41. The summed E-state index contributed by atoms with van der Waals surface area (Å²) in [7, 11) is 0. The first kappa shape index (κ1) is 17.4.